The first-order valence-electron chi connectivity index (χ1n) is 5.66. The van der Waals surface area contributed by atoms with E-state index < -0.39 is 5.60 Å². The molecule has 0 heterocycles. The number of hydrogen-bond acceptors (Lipinski definition) is 1. The van der Waals surface area contributed by atoms with Crippen LogP contribution in [0.1, 0.15) is 31.2 Å². The van der Waals surface area contributed by atoms with E-state index in [4.69, 9.17) is 0 Å². The molecule has 1 saturated carbocycles. The molecule has 1 aromatic carbocycles. The summed E-state index contributed by atoms with van der Waals surface area (Å²) in [5, 5.41) is 10.5. The molecule has 2 unspecified atom stereocenters. The summed E-state index contributed by atoms with van der Waals surface area (Å²) < 4.78 is 0. The molecule has 0 saturated heterocycles. The fraction of sp³-hybridized carbons (Fsp3) is 0.429. The van der Waals surface area contributed by atoms with Gasteiger partial charge in [0.25, 0.3) is 0 Å². The van der Waals surface area contributed by atoms with E-state index in [1.165, 1.54) is 0 Å². The molecule has 80 valence electrons. The van der Waals surface area contributed by atoms with Crippen LogP contribution in [0, 0.1) is 5.92 Å². The zero-order chi connectivity index (χ0) is 10.7. The Labute approximate surface area is 91.4 Å². The maximum absolute atomic E-state index is 10.5. The van der Waals surface area contributed by atoms with Crippen LogP contribution in [0.5, 0.6) is 0 Å². The highest BCUT2D eigenvalue weighted by molar-refractivity contribution is 5.25. The summed E-state index contributed by atoms with van der Waals surface area (Å²) in [6.07, 6.45) is 6.02. The monoisotopic (exact) mass is 202 g/mol. The molecule has 0 amide bonds. The van der Waals surface area contributed by atoms with Gasteiger partial charge in [0, 0.05) is 0 Å². The van der Waals surface area contributed by atoms with Crippen molar-refractivity contribution in [1.29, 1.82) is 0 Å². The van der Waals surface area contributed by atoms with E-state index in [0.717, 1.165) is 31.2 Å². The maximum atomic E-state index is 10.5. The molecule has 1 aliphatic rings. The minimum Gasteiger partial charge on any atom is -0.385 e. The van der Waals surface area contributed by atoms with Crippen molar-refractivity contribution in [3.05, 3.63) is 48.6 Å². The van der Waals surface area contributed by atoms with Crippen molar-refractivity contribution in [3.8, 4) is 0 Å². The highest BCUT2D eigenvalue weighted by atomic mass is 16.3. The minimum absolute atomic E-state index is 0.415. The van der Waals surface area contributed by atoms with E-state index in [1.54, 1.807) is 0 Å². The first kappa shape index (κ1) is 10.4. The maximum Gasteiger partial charge on any atom is 0.0924 e. The zero-order valence-electron chi connectivity index (χ0n) is 9.02. The molecule has 0 radical (unpaired) electrons. The molecule has 2 atom stereocenters. The van der Waals surface area contributed by atoms with E-state index in [2.05, 4.69) is 6.58 Å². The highest BCUT2D eigenvalue weighted by Crippen LogP contribution is 2.48. The van der Waals surface area contributed by atoms with Crippen LogP contribution in [-0.4, -0.2) is 5.11 Å². The molecule has 1 N–H and O–H groups in total. The summed E-state index contributed by atoms with van der Waals surface area (Å²) in [6.45, 7) is 3.73. The molecular formula is C14H18O. The topological polar surface area (TPSA) is 20.2 Å². The van der Waals surface area contributed by atoms with Gasteiger partial charge in [-0.25, -0.2) is 0 Å². The van der Waals surface area contributed by atoms with Crippen LogP contribution in [-0.2, 0) is 5.60 Å². The lowest BCUT2D eigenvalue weighted by Gasteiger charge is -2.46. The van der Waals surface area contributed by atoms with E-state index in [1.807, 2.05) is 36.4 Å². The van der Waals surface area contributed by atoms with Crippen molar-refractivity contribution in [2.24, 2.45) is 5.92 Å². The van der Waals surface area contributed by atoms with Crippen molar-refractivity contribution in [2.45, 2.75) is 31.3 Å². The largest absolute Gasteiger partial charge is 0.385 e. The Balaban J connectivity index is 2.10. The average molecular weight is 202 g/mol. The third-order valence-corrected chi connectivity index (χ3v) is 3.54. The normalized spacial score (nSPS) is 29.5. The minimum atomic E-state index is -0.565. The molecule has 15 heavy (non-hydrogen) atoms. The molecule has 1 heteroatoms. The summed E-state index contributed by atoms with van der Waals surface area (Å²) in [4.78, 5) is 0. The predicted molar refractivity (Wildman–Crippen MR) is 62.5 cm³/mol. The molecule has 0 bridgehead atoms. The number of hydrogen-bond donors (Lipinski definition) is 1. The van der Waals surface area contributed by atoms with Crippen LogP contribution in [0.4, 0.5) is 0 Å². The lowest BCUT2D eigenvalue weighted by atomic mass is 9.64. The van der Waals surface area contributed by atoms with Crippen molar-refractivity contribution in [1.82, 2.24) is 0 Å². The van der Waals surface area contributed by atoms with Crippen LogP contribution in [0.2, 0.25) is 0 Å². The van der Waals surface area contributed by atoms with Gasteiger partial charge in [0.05, 0.1) is 5.60 Å². The van der Waals surface area contributed by atoms with Gasteiger partial charge < -0.3 is 5.11 Å². The molecular weight excluding hydrogens is 184 g/mol. The first-order valence-corrected chi connectivity index (χ1v) is 5.66. The Morgan fingerprint density at radius 2 is 2.13 bits per heavy atom. The Bertz CT molecular complexity index is 330. The van der Waals surface area contributed by atoms with Gasteiger partial charge in [-0.15, -0.1) is 6.58 Å². The van der Waals surface area contributed by atoms with Gasteiger partial charge in [-0.05, 0) is 37.2 Å². The fourth-order valence-corrected chi connectivity index (χ4v) is 2.43. The molecule has 1 aromatic rings. The number of rotatable bonds is 4. The van der Waals surface area contributed by atoms with Gasteiger partial charge >= 0.3 is 0 Å². The van der Waals surface area contributed by atoms with Gasteiger partial charge in [-0.2, -0.15) is 0 Å². The second-order valence-electron chi connectivity index (χ2n) is 4.39. The van der Waals surface area contributed by atoms with Crippen molar-refractivity contribution in [2.75, 3.05) is 0 Å². The number of allylic oxidation sites excluding steroid dienone is 1. The van der Waals surface area contributed by atoms with Gasteiger partial charge in [0.2, 0.25) is 0 Å². The number of aliphatic hydroxyl groups is 1. The van der Waals surface area contributed by atoms with E-state index >= 15 is 0 Å². The number of benzene rings is 1. The molecule has 1 fully saturated rings. The second kappa shape index (κ2) is 4.19. The Morgan fingerprint density at radius 3 is 2.67 bits per heavy atom. The standard InChI is InChI=1S/C14H18O/c1-2-3-7-13-10-11-14(13,15)12-8-5-4-6-9-12/h2,4-6,8-9,13,15H,1,3,7,10-11H2. The van der Waals surface area contributed by atoms with Crippen molar-refractivity contribution >= 4 is 0 Å². The quantitative estimate of drug-likeness (QED) is 0.743. The summed E-state index contributed by atoms with van der Waals surface area (Å²) in [5.74, 6) is 0.415. The highest BCUT2D eigenvalue weighted by Gasteiger charge is 2.45. The summed E-state index contributed by atoms with van der Waals surface area (Å²) in [7, 11) is 0. The van der Waals surface area contributed by atoms with Gasteiger partial charge in [0.15, 0.2) is 0 Å². The van der Waals surface area contributed by atoms with E-state index in [0.29, 0.717) is 5.92 Å². The van der Waals surface area contributed by atoms with Crippen molar-refractivity contribution < 1.29 is 5.11 Å². The smallest absolute Gasteiger partial charge is 0.0924 e. The SMILES string of the molecule is C=CCCC1CCC1(O)c1ccccc1. The predicted octanol–water partition coefficient (Wildman–Crippen LogP) is 3.25. The fourth-order valence-electron chi connectivity index (χ4n) is 2.43. The third kappa shape index (κ3) is 1.84. The Kier molecular flexibility index (Phi) is 2.92. The lowest BCUT2D eigenvalue weighted by Crippen LogP contribution is -2.44. The van der Waals surface area contributed by atoms with E-state index in [9.17, 15) is 5.11 Å². The molecule has 1 aliphatic carbocycles. The molecule has 0 spiro atoms. The second-order valence-corrected chi connectivity index (χ2v) is 4.39. The third-order valence-electron chi connectivity index (χ3n) is 3.54. The molecule has 1 nitrogen and oxygen atoms in total. The van der Waals surface area contributed by atoms with Crippen LogP contribution in [0.25, 0.3) is 0 Å². The summed E-state index contributed by atoms with van der Waals surface area (Å²) in [5.41, 5.74) is 0.509. The Morgan fingerprint density at radius 1 is 1.40 bits per heavy atom. The molecule has 0 aromatic heterocycles. The van der Waals surface area contributed by atoms with E-state index in [-0.39, 0.29) is 0 Å². The van der Waals surface area contributed by atoms with Gasteiger partial charge in [-0.3, -0.25) is 0 Å². The van der Waals surface area contributed by atoms with Gasteiger partial charge in [-0.1, -0.05) is 36.4 Å². The van der Waals surface area contributed by atoms with Gasteiger partial charge in [0.1, 0.15) is 0 Å². The van der Waals surface area contributed by atoms with Crippen molar-refractivity contribution in [3.63, 3.8) is 0 Å². The van der Waals surface area contributed by atoms with Crippen LogP contribution >= 0.6 is 0 Å². The summed E-state index contributed by atoms with van der Waals surface area (Å²) in [6, 6.07) is 10.0. The van der Waals surface area contributed by atoms with Crippen LogP contribution in [0.15, 0.2) is 43.0 Å². The summed E-state index contributed by atoms with van der Waals surface area (Å²) >= 11 is 0. The average Bonchev–Trinajstić information content (AvgIpc) is 2.28. The lowest BCUT2D eigenvalue weighted by molar-refractivity contribution is -0.104. The zero-order valence-corrected chi connectivity index (χ0v) is 9.02. The Hall–Kier alpha value is -1.08. The van der Waals surface area contributed by atoms with Crippen LogP contribution in [0.3, 0.4) is 0 Å². The first-order chi connectivity index (χ1) is 7.27. The molecule has 2 rings (SSSR count). The van der Waals surface area contributed by atoms with Crippen LogP contribution < -0.4 is 0 Å². The molecule has 0 aliphatic heterocycles.